The maximum atomic E-state index is 12.7. The maximum Gasteiger partial charge on any atom is 0.416 e. The van der Waals surface area contributed by atoms with Crippen LogP contribution in [0.1, 0.15) is 11.1 Å². The van der Waals surface area contributed by atoms with Crippen LogP contribution in [0.5, 0.6) is 0 Å². The smallest absolute Gasteiger partial charge is 0.166 e. The zero-order chi connectivity index (χ0) is 11.8. The maximum absolute atomic E-state index is 12.7. The van der Waals surface area contributed by atoms with E-state index in [4.69, 9.17) is 11.6 Å². The zero-order valence-corrected chi connectivity index (χ0v) is 8.94. The Kier molecular flexibility index (Phi) is 2.80. The van der Waals surface area contributed by atoms with Gasteiger partial charge < -0.3 is 0 Å². The van der Waals surface area contributed by atoms with Gasteiger partial charge in [-0.1, -0.05) is 24.3 Å². The number of hydrogen-bond acceptors (Lipinski definition) is 0. The molecule has 0 aromatic heterocycles. The molecule has 0 heterocycles. The fraction of sp³-hybridized carbons (Fsp3) is 0.167. The van der Waals surface area contributed by atoms with Crippen molar-refractivity contribution in [2.45, 2.75) is 12.1 Å². The number of hydrogen-bond donors (Lipinski definition) is 0. The van der Waals surface area contributed by atoms with E-state index in [9.17, 15) is 13.2 Å². The van der Waals surface area contributed by atoms with Gasteiger partial charge in [-0.3, -0.25) is 0 Å². The summed E-state index contributed by atoms with van der Waals surface area (Å²) in [6.07, 6.45) is -4.35. The second kappa shape index (κ2) is 3.98. The van der Waals surface area contributed by atoms with Gasteiger partial charge in [0.1, 0.15) is 0 Å². The highest BCUT2D eigenvalue weighted by Gasteiger charge is 2.33. The zero-order valence-electron chi connectivity index (χ0n) is 8.18. The average molecular weight is 245 g/mol. The minimum atomic E-state index is -4.35. The van der Waals surface area contributed by atoms with E-state index in [2.05, 4.69) is 0 Å². The summed E-state index contributed by atoms with van der Waals surface area (Å²) in [5.41, 5.74) is -0.533. The van der Waals surface area contributed by atoms with Crippen LogP contribution in [0.4, 0.5) is 13.2 Å². The van der Waals surface area contributed by atoms with Gasteiger partial charge in [0.2, 0.25) is 0 Å². The molecule has 0 bridgehead atoms. The minimum absolute atomic E-state index is 0.118. The summed E-state index contributed by atoms with van der Waals surface area (Å²) < 4.78 is 38.1. The van der Waals surface area contributed by atoms with Gasteiger partial charge in [0.15, 0.2) is 0 Å². The third kappa shape index (κ3) is 2.00. The fourth-order valence-electron chi connectivity index (χ4n) is 1.66. The topological polar surface area (TPSA) is 0 Å². The molecule has 0 aliphatic heterocycles. The van der Waals surface area contributed by atoms with E-state index in [1.165, 1.54) is 6.07 Å². The lowest BCUT2D eigenvalue weighted by atomic mass is 10.0. The molecule has 0 atom stereocenters. The van der Waals surface area contributed by atoms with E-state index in [1.54, 1.807) is 24.3 Å². The van der Waals surface area contributed by atoms with Gasteiger partial charge in [-0.05, 0) is 28.5 Å². The van der Waals surface area contributed by atoms with Crippen molar-refractivity contribution in [1.29, 1.82) is 0 Å². The Bertz CT molecular complexity index is 517. The summed E-state index contributed by atoms with van der Waals surface area (Å²) in [5, 5.41) is 1.34. The molecule has 4 heteroatoms. The van der Waals surface area contributed by atoms with Crippen LogP contribution in [-0.2, 0) is 12.1 Å². The Labute approximate surface area is 95.6 Å². The molecule has 0 unspecified atom stereocenters. The van der Waals surface area contributed by atoms with Gasteiger partial charge in [-0.25, -0.2) is 0 Å². The molecular formula is C12H8ClF3. The molecule has 0 radical (unpaired) electrons. The molecule has 0 amide bonds. The molecule has 84 valence electrons. The summed E-state index contributed by atoms with van der Waals surface area (Å²) in [6, 6.07) is 9.56. The normalized spacial score (nSPS) is 12.0. The number of fused-ring (bicyclic) bond motifs is 1. The molecule has 16 heavy (non-hydrogen) atoms. The van der Waals surface area contributed by atoms with Crippen LogP contribution in [0.25, 0.3) is 10.8 Å². The average Bonchev–Trinajstić information content (AvgIpc) is 2.26. The van der Waals surface area contributed by atoms with Crippen molar-refractivity contribution in [3.05, 3.63) is 47.5 Å². The Morgan fingerprint density at radius 2 is 1.56 bits per heavy atom. The van der Waals surface area contributed by atoms with Gasteiger partial charge in [0.25, 0.3) is 0 Å². The van der Waals surface area contributed by atoms with E-state index in [-0.39, 0.29) is 11.4 Å². The van der Waals surface area contributed by atoms with Crippen molar-refractivity contribution < 1.29 is 13.2 Å². The molecule has 0 saturated heterocycles. The van der Waals surface area contributed by atoms with Crippen LogP contribution in [-0.4, -0.2) is 0 Å². The van der Waals surface area contributed by atoms with Gasteiger partial charge in [-0.15, -0.1) is 11.6 Å². The lowest BCUT2D eigenvalue weighted by molar-refractivity contribution is -0.138. The van der Waals surface area contributed by atoms with Gasteiger partial charge in [0, 0.05) is 5.88 Å². The first-order valence-corrected chi connectivity index (χ1v) is 5.20. The van der Waals surface area contributed by atoms with Crippen LogP contribution in [0.2, 0.25) is 0 Å². The molecule has 2 rings (SSSR count). The standard InChI is InChI=1S/C12H8ClF3/c13-7-10-5-8-3-1-2-4-9(8)6-11(10)12(14,15)16/h1-6H,7H2. The van der Waals surface area contributed by atoms with Crippen molar-refractivity contribution in [3.63, 3.8) is 0 Å². The van der Waals surface area contributed by atoms with E-state index < -0.39 is 11.7 Å². The number of alkyl halides is 4. The Balaban J connectivity index is 2.73. The third-order valence-electron chi connectivity index (χ3n) is 2.42. The van der Waals surface area contributed by atoms with Crippen LogP contribution in [0.3, 0.4) is 0 Å². The monoisotopic (exact) mass is 244 g/mol. The molecule has 0 nitrogen and oxygen atoms in total. The third-order valence-corrected chi connectivity index (χ3v) is 2.71. The molecule has 0 saturated carbocycles. The summed E-state index contributed by atoms with van der Waals surface area (Å²) in [5.74, 6) is -0.139. The molecule has 0 N–H and O–H groups in total. The Morgan fingerprint density at radius 3 is 2.06 bits per heavy atom. The van der Waals surface area contributed by atoms with E-state index in [0.29, 0.717) is 5.39 Å². The Morgan fingerprint density at radius 1 is 1.00 bits per heavy atom. The first kappa shape index (κ1) is 11.3. The molecule has 0 aliphatic rings. The van der Waals surface area contributed by atoms with Gasteiger partial charge in [0.05, 0.1) is 5.56 Å². The largest absolute Gasteiger partial charge is 0.416 e. The van der Waals surface area contributed by atoms with Crippen molar-refractivity contribution in [1.82, 2.24) is 0 Å². The highest BCUT2D eigenvalue weighted by atomic mass is 35.5. The number of halogens is 4. The fourth-order valence-corrected chi connectivity index (χ4v) is 1.88. The van der Waals surface area contributed by atoms with E-state index >= 15 is 0 Å². The Hall–Kier alpha value is -1.22. The first-order valence-electron chi connectivity index (χ1n) is 4.67. The molecule has 2 aromatic carbocycles. The summed E-state index contributed by atoms with van der Waals surface area (Å²) in [7, 11) is 0. The van der Waals surface area contributed by atoms with Crippen molar-refractivity contribution in [3.8, 4) is 0 Å². The molecule has 0 aliphatic carbocycles. The number of rotatable bonds is 1. The van der Waals surface area contributed by atoms with Crippen LogP contribution >= 0.6 is 11.6 Å². The quantitative estimate of drug-likeness (QED) is 0.643. The highest BCUT2D eigenvalue weighted by Crippen LogP contribution is 2.35. The first-order chi connectivity index (χ1) is 7.52. The molecule has 0 spiro atoms. The second-order valence-corrected chi connectivity index (χ2v) is 3.76. The van der Waals surface area contributed by atoms with Gasteiger partial charge in [-0.2, -0.15) is 13.2 Å². The van der Waals surface area contributed by atoms with Crippen molar-refractivity contribution in [2.24, 2.45) is 0 Å². The molecular weight excluding hydrogens is 237 g/mol. The predicted octanol–water partition coefficient (Wildman–Crippen LogP) is 4.60. The highest BCUT2D eigenvalue weighted by molar-refractivity contribution is 6.17. The SMILES string of the molecule is FC(F)(F)c1cc2ccccc2cc1CCl. The minimum Gasteiger partial charge on any atom is -0.166 e. The van der Waals surface area contributed by atoms with Crippen LogP contribution < -0.4 is 0 Å². The lowest BCUT2D eigenvalue weighted by Gasteiger charge is -2.12. The van der Waals surface area contributed by atoms with Crippen LogP contribution in [0.15, 0.2) is 36.4 Å². The van der Waals surface area contributed by atoms with E-state index in [0.717, 1.165) is 11.5 Å². The lowest BCUT2D eigenvalue weighted by Crippen LogP contribution is -2.08. The predicted molar refractivity (Wildman–Crippen MR) is 58.5 cm³/mol. The number of benzene rings is 2. The summed E-state index contributed by atoms with van der Waals surface area (Å²) in [4.78, 5) is 0. The van der Waals surface area contributed by atoms with Gasteiger partial charge >= 0.3 is 6.18 Å². The van der Waals surface area contributed by atoms with Crippen molar-refractivity contribution >= 4 is 22.4 Å². The van der Waals surface area contributed by atoms with Crippen molar-refractivity contribution in [2.75, 3.05) is 0 Å². The van der Waals surface area contributed by atoms with E-state index in [1.807, 2.05) is 0 Å². The van der Waals surface area contributed by atoms with Crippen LogP contribution in [0, 0.1) is 0 Å². The second-order valence-electron chi connectivity index (χ2n) is 3.49. The molecule has 0 fully saturated rings. The summed E-state index contributed by atoms with van der Waals surface area (Å²) in [6.45, 7) is 0. The summed E-state index contributed by atoms with van der Waals surface area (Å²) >= 11 is 5.54. The molecule has 2 aromatic rings.